The minimum Gasteiger partial charge on any atom is -0.273 e. The number of carbonyl (C=O) groups excluding carboxylic acids is 1. The van der Waals surface area contributed by atoms with E-state index in [0.717, 1.165) is 6.20 Å². The van der Waals surface area contributed by atoms with Crippen LogP contribution in [0.4, 0.5) is 13.2 Å². The molecule has 2 atom stereocenters. The summed E-state index contributed by atoms with van der Waals surface area (Å²) in [7, 11) is 0. The van der Waals surface area contributed by atoms with Crippen molar-refractivity contribution in [3.63, 3.8) is 0 Å². The number of aromatic nitrogens is 1. The fraction of sp³-hybridized carbons (Fsp3) is 0.600. The van der Waals surface area contributed by atoms with Crippen LogP contribution in [0.15, 0.2) is 18.5 Å². The van der Waals surface area contributed by atoms with Gasteiger partial charge >= 0.3 is 0 Å². The van der Waals surface area contributed by atoms with E-state index in [1.165, 1.54) is 24.2 Å². The van der Waals surface area contributed by atoms with E-state index in [9.17, 15) is 18.0 Å². The van der Waals surface area contributed by atoms with Gasteiger partial charge in [-0.2, -0.15) is 0 Å². The smallest absolute Gasteiger partial charge is 0.252 e. The molecule has 0 radical (unpaired) electrons. The Morgan fingerprint density at radius 1 is 1.57 bits per heavy atom. The average Bonchev–Trinajstić information content (AvgIpc) is 3.01. The van der Waals surface area contributed by atoms with Crippen LogP contribution in [0.5, 0.6) is 0 Å². The third-order valence-electron chi connectivity index (χ3n) is 4.14. The Hall–Kier alpha value is -1.34. The summed E-state index contributed by atoms with van der Waals surface area (Å²) in [5.41, 5.74) is 1.48. The summed E-state index contributed by atoms with van der Waals surface area (Å²) in [4.78, 5) is 16.5. The van der Waals surface area contributed by atoms with E-state index in [0.29, 0.717) is 24.9 Å². The number of nitrogens with zero attached hydrogens (tertiary/aromatic N) is 2. The zero-order chi connectivity index (χ0) is 17.0. The summed E-state index contributed by atoms with van der Waals surface area (Å²) < 4.78 is 40.4. The molecule has 1 N–H and O–H groups in total. The minimum absolute atomic E-state index is 0.0146. The number of alkyl halides is 3. The molecule has 0 aromatic carbocycles. The van der Waals surface area contributed by atoms with Crippen molar-refractivity contribution in [3.8, 4) is 0 Å². The third-order valence-corrected chi connectivity index (χ3v) is 4.41. The van der Waals surface area contributed by atoms with Gasteiger partial charge < -0.3 is 0 Å². The number of hydrogen-bond acceptors (Lipinski definition) is 3. The monoisotopic (exact) mass is 349 g/mol. The molecule has 0 saturated carbocycles. The van der Waals surface area contributed by atoms with Crippen LogP contribution < -0.4 is 5.43 Å². The molecule has 2 heterocycles. The predicted molar refractivity (Wildman–Crippen MR) is 80.5 cm³/mol. The molecule has 128 valence electrons. The molecular formula is C15H19ClF3N3O. The standard InChI is InChI=1S/C15H19ClF3N3O/c1-15(13(18)19,4-2-5-16)14(23)22-12(3-6-21-22)10-7-11(17)9-20-8-10/h7-9,12-13,21H,2-6H2,1H3. The maximum Gasteiger partial charge on any atom is 0.252 e. The highest BCUT2D eigenvalue weighted by Crippen LogP contribution is 2.37. The van der Waals surface area contributed by atoms with Crippen molar-refractivity contribution in [2.45, 2.75) is 38.7 Å². The Morgan fingerprint density at radius 2 is 2.30 bits per heavy atom. The lowest BCUT2D eigenvalue weighted by atomic mass is 9.84. The van der Waals surface area contributed by atoms with Crippen molar-refractivity contribution in [2.75, 3.05) is 12.4 Å². The molecule has 1 fully saturated rings. The first-order chi connectivity index (χ1) is 10.9. The van der Waals surface area contributed by atoms with Gasteiger partial charge in [-0.1, -0.05) is 0 Å². The molecule has 4 nitrogen and oxygen atoms in total. The van der Waals surface area contributed by atoms with Gasteiger partial charge in [0, 0.05) is 18.6 Å². The minimum atomic E-state index is -2.81. The SMILES string of the molecule is CC(CCCCl)(C(=O)N1NCCC1c1cncc(F)c1)C(F)F. The maximum absolute atomic E-state index is 13.5. The van der Waals surface area contributed by atoms with E-state index in [1.807, 2.05) is 0 Å². The van der Waals surface area contributed by atoms with Gasteiger partial charge in [-0.25, -0.2) is 18.6 Å². The summed E-state index contributed by atoms with van der Waals surface area (Å²) in [6, 6.07) is 0.753. The third kappa shape index (κ3) is 3.77. The number of nitrogens with one attached hydrogen (secondary N) is 1. The zero-order valence-electron chi connectivity index (χ0n) is 12.7. The number of halogens is 4. The van der Waals surface area contributed by atoms with E-state index in [1.54, 1.807) is 0 Å². The fourth-order valence-electron chi connectivity index (χ4n) is 2.72. The number of amides is 1. The summed E-state index contributed by atoms with van der Waals surface area (Å²) in [6.07, 6.45) is 0.493. The second kappa shape index (κ2) is 7.49. The number of hydrogen-bond donors (Lipinski definition) is 1. The lowest BCUT2D eigenvalue weighted by Gasteiger charge is -2.34. The first kappa shape index (κ1) is 18.0. The Bertz CT molecular complexity index is 561. The van der Waals surface area contributed by atoms with E-state index < -0.39 is 29.6 Å². The van der Waals surface area contributed by atoms with Crippen molar-refractivity contribution < 1.29 is 18.0 Å². The lowest BCUT2D eigenvalue weighted by molar-refractivity contribution is -0.155. The number of hydrazine groups is 1. The molecule has 1 aliphatic rings. The van der Waals surface area contributed by atoms with Gasteiger partial charge in [0.05, 0.1) is 12.2 Å². The van der Waals surface area contributed by atoms with Crippen LogP contribution in [-0.4, -0.2) is 34.8 Å². The first-order valence-corrected chi connectivity index (χ1v) is 7.95. The highest BCUT2D eigenvalue weighted by atomic mass is 35.5. The van der Waals surface area contributed by atoms with Gasteiger partial charge in [-0.3, -0.25) is 14.8 Å². The predicted octanol–water partition coefficient (Wildman–Crippen LogP) is 3.29. The van der Waals surface area contributed by atoms with Gasteiger partial charge in [-0.15, -0.1) is 11.6 Å². The number of rotatable bonds is 6. The number of carbonyl (C=O) groups is 1. The normalized spacial score (nSPS) is 20.8. The van der Waals surface area contributed by atoms with Gasteiger partial charge in [0.15, 0.2) is 0 Å². The molecule has 1 aromatic heterocycles. The Kier molecular flexibility index (Phi) is 5.86. The molecule has 1 amide bonds. The van der Waals surface area contributed by atoms with Crippen LogP contribution in [0.25, 0.3) is 0 Å². The molecular weight excluding hydrogens is 331 g/mol. The molecule has 0 aliphatic carbocycles. The average molecular weight is 350 g/mol. The molecule has 0 spiro atoms. The van der Waals surface area contributed by atoms with E-state index >= 15 is 0 Å². The molecule has 2 rings (SSSR count). The maximum atomic E-state index is 13.5. The fourth-order valence-corrected chi connectivity index (χ4v) is 2.85. The highest BCUT2D eigenvalue weighted by molar-refractivity contribution is 6.17. The van der Waals surface area contributed by atoms with Crippen molar-refractivity contribution in [1.29, 1.82) is 0 Å². The molecule has 1 aliphatic heterocycles. The summed E-state index contributed by atoms with van der Waals surface area (Å²) >= 11 is 5.58. The second-order valence-corrected chi connectivity index (χ2v) is 6.21. The van der Waals surface area contributed by atoms with Crippen molar-refractivity contribution in [2.24, 2.45) is 5.41 Å². The topological polar surface area (TPSA) is 45.2 Å². The van der Waals surface area contributed by atoms with Crippen LogP contribution in [0.2, 0.25) is 0 Å². The molecule has 23 heavy (non-hydrogen) atoms. The van der Waals surface area contributed by atoms with Crippen LogP contribution >= 0.6 is 11.6 Å². The summed E-state index contributed by atoms with van der Waals surface area (Å²) in [5.74, 6) is -1.02. The van der Waals surface area contributed by atoms with Gasteiger partial charge in [0.2, 0.25) is 5.91 Å². The van der Waals surface area contributed by atoms with E-state index in [4.69, 9.17) is 11.6 Å². The molecule has 1 saturated heterocycles. The number of pyridine rings is 1. The van der Waals surface area contributed by atoms with Gasteiger partial charge in [0.1, 0.15) is 11.2 Å². The zero-order valence-corrected chi connectivity index (χ0v) is 13.5. The lowest BCUT2D eigenvalue weighted by Crippen LogP contribution is -2.50. The van der Waals surface area contributed by atoms with Crippen LogP contribution in [-0.2, 0) is 4.79 Å². The van der Waals surface area contributed by atoms with Crippen molar-refractivity contribution in [1.82, 2.24) is 15.4 Å². The van der Waals surface area contributed by atoms with E-state index in [2.05, 4.69) is 10.4 Å². The Balaban J connectivity index is 2.25. The quantitative estimate of drug-likeness (QED) is 0.802. The van der Waals surface area contributed by atoms with Crippen LogP contribution in [0.1, 0.15) is 37.8 Å². The summed E-state index contributed by atoms with van der Waals surface area (Å²) in [5, 5.41) is 1.19. The molecule has 8 heteroatoms. The van der Waals surface area contributed by atoms with Crippen LogP contribution in [0, 0.1) is 11.2 Å². The van der Waals surface area contributed by atoms with Crippen molar-refractivity contribution in [3.05, 3.63) is 29.8 Å². The second-order valence-electron chi connectivity index (χ2n) is 5.83. The van der Waals surface area contributed by atoms with E-state index in [-0.39, 0.29) is 12.3 Å². The van der Waals surface area contributed by atoms with Crippen LogP contribution in [0.3, 0.4) is 0 Å². The molecule has 1 aromatic rings. The van der Waals surface area contributed by atoms with Gasteiger partial charge in [0.25, 0.3) is 6.43 Å². The Labute approximate surface area is 138 Å². The molecule has 2 unspecified atom stereocenters. The van der Waals surface area contributed by atoms with Crippen molar-refractivity contribution >= 4 is 17.5 Å². The Morgan fingerprint density at radius 3 is 2.91 bits per heavy atom. The molecule has 0 bridgehead atoms. The highest BCUT2D eigenvalue weighted by Gasteiger charge is 2.47. The van der Waals surface area contributed by atoms with Gasteiger partial charge in [-0.05, 0) is 37.8 Å². The first-order valence-electron chi connectivity index (χ1n) is 7.42. The summed E-state index contributed by atoms with van der Waals surface area (Å²) in [6.45, 7) is 1.69. The largest absolute Gasteiger partial charge is 0.273 e.